The van der Waals surface area contributed by atoms with Crippen molar-refractivity contribution in [1.29, 1.82) is 10.3 Å². The van der Waals surface area contributed by atoms with Crippen LogP contribution in [0.15, 0.2) is 0 Å². The van der Waals surface area contributed by atoms with Crippen molar-refractivity contribution in [3.05, 3.63) is 0 Å². The molecule has 4 N–H and O–H groups in total. The van der Waals surface area contributed by atoms with Crippen LogP contribution in [0.5, 0.6) is 0 Å². The van der Waals surface area contributed by atoms with Gasteiger partial charge in [0.15, 0.2) is 15.4 Å². The van der Waals surface area contributed by atoms with E-state index in [2.05, 4.69) is 62.0 Å². The molecule has 3 saturated heterocycles. The molecule has 0 amide bonds. The molecule has 3 heterocycles. The van der Waals surface area contributed by atoms with Gasteiger partial charge in [-0.2, -0.15) is 0 Å². The van der Waals surface area contributed by atoms with Gasteiger partial charge in [0.2, 0.25) is 0 Å². The second-order valence-corrected chi connectivity index (χ2v) is 12.8. The first-order chi connectivity index (χ1) is 20.0. The summed E-state index contributed by atoms with van der Waals surface area (Å²) in [6.45, 7) is 37.0. The SMILES string of the molecule is C.C.C.C.C.C.C.CC.CC.CC.CCC.CCCC.CCCN1CCNCC1.CCCN1CC[P+](=N)CC1.N=[P+]1CCNCC1.[2H][2H]. The van der Waals surface area contributed by atoms with Crippen LogP contribution in [-0.2, 0) is 0 Å². The Hall–Kier alpha value is 0.0400. The Labute approximate surface area is 305 Å². The van der Waals surface area contributed by atoms with Crippen LogP contribution >= 0.6 is 15.4 Å². The van der Waals surface area contributed by atoms with Crippen LogP contribution in [0.4, 0.5) is 0 Å². The third-order valence-electron chi connectivity index (χ3n) is 5.28. The van der Waals surface area contributed by atoms with Gasteiger partial charge in [0, 0.05) is 55.3 Å². The van der Waals surface area contributed by atoms with Gasteiger partial charge in [-0.3, -0.25) is 4.90 Å². The molecule has 0 aliphatic carbocycles. The van der Waals surface area contributed by atoms with Gasteiger partial charge in [-0.25, -0.2) is 0 Å². The van der Waals surface area contributed by atoms with Gasteiger partial charge >= 0.3 is 0 Å². The van der Waals surface area contributed by atoms with E-state index >= 15 is 0 Å². The summed E-state index contributed by atoms with van der Waals surface area (Å²) in [5.41, 5.74) is 0. The molecule has 0 unspecified atom stereocenters. The third kappa shape index (κ3) is 74.7. The second-order valence-electron chi connectivity index (χ2n) is 8.86. The molecule has 0 saturated carbocycles. The molecule has 0 spiro atoms. The van der Waals surface area contributed by atoms with E-state index in [0.29, 0.717) is 0 Å². The van der Waals surface area contributed by atoms with Gasteiger partial charge in [0.25, 0.3) is 0 Å². The van der Waals surface area contributed by atoms with E-state index in [0.717, 1.165) is 37.7 Å². The summed E-state index contributed by atoms with van der Waals surface area (Å²) in [5.74, 6) is 0. The highest BCUT2D eigenvalue weighted by Crippen LogP contribution is 2.24. The lowest BCUT2D eigenvalue weighted by Crippen LogP contribution is -2.43. The largest absolute Gasteiger partial charge is 0.314 e. The summed E-state index contributed by atoms with van der Waals surface area (Å²) in [6, 6.07) is 0. The van der Waals surface area contributed by atoms with Crippen LogP contribution in [-0.4, -0.2) is 99.9 Å². The van der Waals surface area contributed by atoms with Crippen LogP contribution in [0.3, 0.4) is 0 Å². The average Bonchev–Trinajstić information content (AvgIpc) is 3.05. The molecule has 0 aromatic rings. The molecule has 0 aromatic carbocycles. The zero-order valence-corrected chi connectivity index (χ0v) is 31.0. The van der Waals surface area contributed by atoms with Gasteiger partial charge in [-0.1, -0.05) is 154 Å². The Morgan fingerprint density at radius 1 is 0.478 bits per heavy atom. The first-order valence-corrected chi connectivity index (χ1v) is 20.2. The van der Waals surface area contributed by atoms with Crippen LogP contribution in [0, 0.1) is 10.3 Å². The van der Waals surface area contributed by atoms with Crippen molar-refractivity contribution in [1.82, 2.24) is 20.4 Å². The van der Waals surface area contributed by atoms with Crippen molar-refractivity contribution in [3.63, 3.8) is 0 Å². The monoisotopic (exact) mass is 713 g/mol. The average molecular weight is 713 g/mol. The highest BCUT2D eigenvalue weighted by Gasteiger charge is 2.20. The number of nitrogens with zero attached hydrogens (tertiary/aromatic N) is 2. The predicted molar refractivity (Wildman–Crippen MR) is 238 cm³/mol. The number of hydrogen-bond acceptors (Lipinski definition) is 6. The maximum absolute atomic E-state index is 7.53. The molecule has 3 rings (SSSR count). The van der Waals surface area contributed by atoms with Crippen molar-refractivity contribution in [2.75, 3.05) is 90.1 Å². The van der Waals surface area contributed by atoms with Gasteiger partial charge in [-0.15, -0.1) is 10.3 Å². The van der Waals surface area contributed by atoms with E-state index in [4.69, 9.17) is 13.3 Å². The first kappa shape index (κ1) is 76.1. The molecule has 8 heteroatoms. The fourth-order valence-electron chi connectivity index (χ4n) is 3.20. The minimum Gasteiger partial charge on any atom is -0.314 e. The zero-order valence-electron chi connectivity index (χ0n) is 31.2. The van der Waals surface area contributed by atoms with Gasteiger partial charge in [-0.05, 0) is 25.9 Å². The van der Waals surface area contributed by atoms with Crippen LogP contribution < -0.4 is 10.6 Å². The molecule has 298 valence electrons. The summed E-state index contributed by atoms with van der Waals surface area (Å²) in [5, 5.41) is 21.4. The highest BCUT2D eigenvalue weighted by molar-refractivity contribution is 7.46. The normalized spacial score (nSPS) is 14.1. The van der Waals surface area contributed by atoms with Crippen LogP contribution in [0.1, 0.15) is 170 Å². The molecule has 3 fully saturated rings. The first-order valence-electron chi connectivity index (χ1n) is 17.8. The van der Waals surface area contributed by atoms with Gasteiger partial charge < -0.3 is 15.5 Å². The Bertz CT molecular complexity index is 425. The number of hydrogen-bond donors (Lipinski definition) is 4. The number of nitrogens with one attached hydrogen (secondary N) is 4. The lowest BCUT2D eigenvalue weighted by Gasteiger charge is -2.26. The van der Waals surface area contributed by atoms with E-state index in [9.17, 15) is 0 Å². The van der Waals surface area contributed by atoms with Crippen LogP contribution in [0.25, 0.3) is 0 Å². The van der Waals surface area contributed by atoms with Crippen molar-refractivity contribution >= 4 is 15.4 Å². The van der Waals surface area contributed by atoms with Crippen molar-refractivity contribution in [2.45, 2.75) is 167 Å². The molecule has 0 bridgehead atoms. The minimum atomic E-state index is -0.321. The van der Waals surface area contributed by atoms with Crippen molar-refractivity contribution in [2.24, 2.45) is 0 Å². The quantitative estimate of drug-likeness (QED) is 0.214. The number of piperazine rings is 1. The summed E-state index contributed by atoms with van der Waals surface area (Å²) in [6.07, 6.45) is 10.9. The van der Waals surface area contributed by atoms with E-state index in [1.807, 2.05) is 41.5 Å². The summed E-state index contributed by atoms with van der Waals surface area (Å²) in [7, 11) is -0.625. The fraction of sp³-hybridized carbons (Fsp3) is 1.00. The molecule has 3 aliphatic heterocycles. The maximum atomic E-state index is 7.53. The maximum Gasteiger partial charge on any atom is 0.198 e. The number of unbranched alkanes of at least 4 members (excludes halogenated alkanes) is 1. The molecule has 3 aliphatic rings. The Kier molecular flexibility index (Phi) is 132. The van der Waals surface area contributed by atoms with Crippen molar-refractivity contribution < 1.29 is 2.97 Å². The molecule has 46 heavy (non-hydrogen) atoms. The number of rotatable bonds is 5. The van der Waals surface area contributed by atoms with E-state index in [1.54, 1.807) is 0 Å². The van der Waals surface area contributed by atoms with Gasteiger partial charge in [0.05, 0.1) is 0 Å². The van der Waals surface area contributed by atoms with E-state index < -0.39 is 0 Å². The van der Waals surface area contributed by atoms with E-state index in [-0.39, 0.29) is 67.4 Å². The smallest absolute Gasteiger partial charge is 0.198 e. The van der Waals surface area contributed by atoms with Crippen molar-refractivity contribution in [3.8, 4) is 0 Å². The molecule has 0 atom stereocenters. The molecule has 6 nitrogen and oxygen atoms in total. The fourth-order valence-corrected chi connectivity index (χ4v) is 5.56. The standard InChI is InChI=1S/C7H16N2P.C7H16N2.C4H10N2P.C4H10.C3H8.3C2H6.7CH4.H2/c1-2-3-9-4-6-10(8)7-5-9;1-2-5-9-6-3-8-4-7-9;5-7-3-1-6-2-4-7;1-3-4-2;1-3-2;3*1-2;;;;;;;;/h8H,2-7H2,1H3;8H,2-7H2,1H3;5-6H,1-4H2;3-4H2,1-2H3;3H2,1-2H3;3*1-2H3;7*1H4;1H/q+1;;+1;;;;;;;;;;;;;/i;;;;;;;;;;;;;;;1+1D. The lowest BCUT2D eigenvalue weighted by molar-refractivity contribution is 0.241. The molecular formula is C38H108N6P2+2. The third-order valence-corrected chi connectivity index (χ3v) is 8.29. The van der Waals surface area contributed by atoms with Gasteiger partial charge in [0.1, 0.15) is 24.6 Å². The topological polar surface area (TPSA) is 78.2 Å². The van der Waals surface area contributed by atoms with Crippen LogP contribution in [0.2, 0.25) is 0 Å². The Morgan fingerprint density at radius 3 is 0.978 bits per heavy atom. The zero-order chi connectivity index (χ0) is 33.2. The van der Waals surface area contributed by atoms with E-state index in [1.165, 1.54) is 84.5 Å². The predicted octanol–water partition coefficient (Wildman–Crippen LogP) is 14.1. The summed E-state index contributed by atoms with van der Waals surface area (Å²) in [4.78, 5) is 4.99. The Balaban J connectivity index is -0.0000000275. The molecule has 0 aromatic heterocycles. The second kappa shape index (κ2) is 80.0. The molecule has 0 radical (unpaired) electrons. The lowest BCUT2D eigenvalue weighted by atomic mass is 10.3. The highest BCUT2D eigenvalue weighted by atomic mass is 31.1. The minimum absolute atomic E-state index is 0. The molecular weight excluding hydrogens is 602 g/mol. The summed E-state index contributed by atoms with van der Waals surface area (Å²) >= 11 is 0. The summed E-state index contributed by atoms with van der Waals surface area (Å²) < 4.78 is 10.0. The Morgan fingerprint density at radius 2 is 0.739 bits per heavy atom.